The van der Waals surface area contributed by atoms with Crippen LogP contribution in [0.2, 0.25) is 0 Å². The van der Waals surface area contributed by atoms with E-state index in [4.69, 9.17) is 0 Å². The average molecular weight is 274 g/mol. The molecule has 2 heterocycles. The fourth-order valence-electron chi connectivity index (χ4n) is 3.37. The van der Waals surface area contributed by atoms with E-state index in [2.05, 4.69) is 21.2 Å². The molecule has 0 bridgehead atoms. The molecule has 4 atom stereocenters. The molecular formula is C15H22N4O. The molecule has 1 amide bonds. The van der Waals surface area contributed by atoms with Crippen molar-refractivity contribution >= 4 is 5.91 Å². The van der Waals surface area contributed by atoms with E-state index in [1.807, 2.05) is 25.3 Å². The lowest BCUT2D eigenvalue weighted by Gasteiger charge is -2.32. The smallest absolute Gasteiger partial charge is 0.225 e. The third kappa shape index (κ3) is 2.69. The Kier molecular flexibility index (Phi) is 3.98. The van der Waals surface area contributed by atoms with E-state index in [-0.39, 0.29) is 23.9 Å². The first-order valence-electron chi connectivity index (χ1n) is 7.44. The Bertz CT molecular complexity index is 464. The molecule has 108 valence electrons. The van der Waals surface area contributed by atoms with Crippen LogP contribution in [0.5, 0.6) is 0 Å². The molecular weight excluding hydrogens is 252 g/mol. The Morgan fingerprint density at radius 2 is 2.40 bits per heavy atom. The monoisotopic (exact) mass is 274 g/mol. The molecule has 0 aromatic carbocycles. The summed E-state index contributed by atoms with van der Waals surface area (Å²) in [4.78, 5) is 16.6. The fourth-order valence-corrected chi connectivity index (χ4v) is 3.37. The topological polar surface area (TPSA) is 66.1 Å². The summed E-state index contributed by atoms with van der Waals surface area (Å²) >= 11 is 0. The Hall–Kier alpha value is -1.46. The van der Waals surface area contributed by atoms with Crippen molar-refractivity contribution in [1.29, 1.82) is 0 Å². The van der Waals surface area contributed by atoms with Gasteiger partial charge in [-0.1, -0.05) is 12.5 Å². The van der Waals surface area contributed by atoms with Crippen molar-refractivity contribution in [3.05, 3.63) is 30.1 Å². The number of nitrogens with one attached hydrogen (secondary N) is 3. The van der Waals surface area contributed by atoms with Gasteiger partial charge in [0, 0.05) is 25.0 Å². The second-order valence-electron chi connectivity index (χ2n) is 5.87. The third-order valence-corrected chi connectivity index (χ3v) is 4.54. The van der Waals surface area contributed by atoms with Gasteiger partial charge >= 0.3 is 0 Å². The molecule has 1 saturated carbocycles. The van der Waals surface area contributed by atoms with Crippen molar-refractivity contribution in [2.24, 2.45) is 11.8 Å². The maximum absolute atomic E-state index is 12.5. The predicted molar refractivity (Wildman–Crippen MR) is 76.6 cm³/mol. The highest BCUT2D eigenvalue weighted by Crippen LogP contribution is 2.31. The number of fused-ring (bicyclic) bond motifs is 1. The van der Waals surface area contributed by atoms with Crippen molar-refractivity contribution in [3.63, 3.8) is 0 Å². The molecule has 4 unspecified atom stereocenters. The van der Waals surface area contributed by atoms with Crippen molar-refractivity contribution < 1.29 is 4.79 Å². The zero-order valence-electron chi connectivity index (χ0n) is 11.8. The Labute approximate surface area is 119 Å². The molecule has 2 fully saturated rings. The molecule has 1 aromatic rings. The van der Waals surface area contributed by atoms with Gasteiger partial charge in [0.05, 0.1) is 12.0 Å². The van der Waals surface area contributed by atoms with Crippen LogP contribution in [-0.2, 0) is 4.79 Å². The number of hydrogen-bond donors (Lipinski definition) is 3. The summed E-state index contributed by atoms with van der Waals surface area (Å²) in [5.41, 5.74) is 7.52. The Balaban J connectivity index is 1.64. The molecule has 1 saturated heterocycles. The van der Waals surface area contributed by atoms with Gasteiger partial charge in [0.25, 0.3) is 0 Å². The van der Waals surface area contributed by atoms with Crippen LogP contribution in [-0.4, -0.2) is 23.5 Å². The first kappa shape index (κ1) is 13.5. The molecule has 0 radical (unpaired) electrons. The largest absolute Gasteiger partial charge is 0.349 e. The molecule has 3 N–H and O–H groups in total. The van der Waals surface area contributed by atoms with Gasteiger partial charge in [-0.3, -0.25) is 20.6 Å². The van der Waals surface area contributed by atoms with Crippen LogP contribution in [0.4, 0.5) is 0 Å². The van der Waals surface area contributed by atoms with Gasteiger partial charge in [-0.2, -0.15) is 0 Å². The molecule has 1 aromatic heterocycles. The van der Waals surface area contributed by atoms with Gasteiger partial charge in [-0.05, 0) is 37.3 Å². The maximum Gasteiger partial charge on any atom is 0.225 e. The van der Waals surface area contributed by atoms with Crippen LogP contribution in [0, 0.1) is 11.8 Å². The van der Waals surface area contributed by atoms with E-state index in [0.29, 0.717) is 5.92 Å². The average Bonchev–Trinajstić information content (AvgIpc) is 2.96. The summed E-state index contributed by atoms with van der Waals surface area (Å²) < 4.78 is 0. The Morgan fingerprint density at radius 1 is 1.50 bits per heavy atom. The minimum absolute atomic E-state index is 0.00550. The fraction of sp³-hybridized carbons (Fsp3) is 0.600. The van der Waals surface area contributed by atoms with E-state index in [9.17, 15) is 4.79 Å². The Morgan fingerprint density at radius 3 is 3.20 bits per heavy atom. The van der Waals surface area contributed by atoms with Gasteiger partial charge in [0.1, 0.15) is 0 Å². The first-order valence-corrected chi connectivity index (χ1v) is 7.44. The molecule has 2 aliphatic rings. The highest BCUT2D eigenvalue weighted by molar-refractivity contribution is 5.80. The first-order chi connectivity index (χ1) is 9.75. The molecule has 1 aliphatic carbocycles. The number of amides is 1. The van der Waals surface area contributed by atoms with E-state index in [1.54, 1.807) is 6.20 Å². The summed E-state index contributed by atoms with van der Waals surface area (Å²) in [6.07, 6.45) is 6.89. The van der Waals surface area contributed by atoms with Gasteiger partial charge in [-0.25, -0.2) is 0 Å². The van der Waals surface area contributed by atoms with E-state index in [1.165, 1.54) is 6.42 Å². The number of rotatable bonds is 3. The van der Waals surface area contributed by atoms with Crippen LogP contribution in [0.1, 0.15) is 37.8 Å². The predicted octanol–water partition coefficient (Wildman–Crippen LogP) is 1.15. The van der Waals surface area contributed by atoms with Crippen LogP contribution in [0.25, 0.3) is 0 Å². The minimum Gasteiger partial charge on any atom is -0.349 e. The van der Waals surface area contributed by atoms with E-state index >= 15 is 0 Å². The SMILES string of the molecule is CC(NC(=O)C1CCCC2CNNC21)c1cccnc1. The number of carbonyl (C=O) groups is 1. The highest BCUT2D eigenvalue weighted by atomic mass is 16.2. The van der Waals surface area contributed by atoms with E-state index < -0.39 is 0 Å². The minimum atomic E-state index is 0.00550. The second kappa shape index (κ2) is 5.89. The van der Waals surface area contributed by atoms with Crippen molar-refractivity contribution in [2.75, 3.05) is 6.54 Å². The molecule has 5 nitrogen and oxygen atoms in total. The number of hydrogen-bond acceptors (Lipinski definition) is 4. The summed E-state index contributed by atoms with van der Waals surface area (Å²) in [6, 6.07) is 4.18. The van der Waals surface area contributed by atoms with Crippen molar-refractivity contribution in [3.8, 4) is 0 Å². The second-order valence-corrected chi connectivity index (χ2v) is 5.87. The van der Waals surface area contributed by atoms with E-state index in [0.717, 1.165) is 24.9 Å². The summed E-state index contributed by atoms with van der Waals surface area (Å²) in [6.45, 7) is 2.99. The summed E-state index contributed by atoms with van der Waals surface area (Å²) in [5, 5.41) is 3.13. The molecule has 1 aliphatic heterocycles. The molecule has 5 heteroatoms. The van der Waals surface area contributed by atoms with Crippen molar-refractivity contribution in [2.45, 2.75) is 38.3 Å². The third-order valence-electron chi connectivity index (χ3n) is 4.54. The van der Waals surface area contributed by atoms with Crippen LogP contribution >= 0.6 is 0 Å². The lowest BCUT2D eigenvalue weighted by atomic mass is 9.77. The number of carbonyl (C=O) groups excluding carboxylic acids is 1. The van der Waals surface area contributed by atoms with Gasteiger partial charge in [0.15, 0.2) is 0 Å². The number of hydrazine groups is 1. The summed E-state index contributed by atoms with van der Waals surface area (Å²) in [7, 11) is 0. The quantitative estimate of drug-likeness (QED) is 0.773. The molecule has 20 heavy (non-hydrogen) atoms. The van der Waals surface area contributed by atoms with Gasteiger partial charge in [0.2, 0.25) is 5.91 Å². The van der Waals surface area contributed by atoms with Gasteiger partial charge in [-0.15, -0.1) is 0 Å². The zero-order valence-corrected chi connectivity index (χ0v) is 11.8. The van der Waals surface area contributed by atoms with Crippen LogP contribution in [0.15, 0.2) is 24.5 Å². The summed E-state index contributed by atoms with van der Waals surface area (Å²) in [5.74, 6) is 0.823. The lowest BCUT2D eigenvalue weighted by Crippen LogP contribution is -2.48. The maximum atomic E-state index is 12.5. The number of pyridine rings is 1. The number of aromatic nitrogens is 1. The van der Waals surface area contributed by atoms with Crippen LogP contribution < -0.4 is 16.2 Å². The zero-order chi connectivity index (χ0) is 13.9. The standard InChI is InChI=1S/C15H22N4O/c1-10(11-5-3-7-16-8-11)18-15(20)13-6-2-4-12-9-17-19-14(12)13/h3,5,7-8,10,12-14,17,19H,2,4,6,9H2,1H3,(H,18,20). The normalized spacial score (nSPS) is 30.6. The highest BCUT2D eigenvalue weighted by Gasteiger charge is 2.40. The van der Waals surface area contributed by atoms with Gasteiger partial charge < -0.3 is 5.32 Å². The van der Waals surface area contributed by atoms with Crippen LogP contribution in [0.3, 0.4) is 0 Å². The lowest BCUT2D eigenvalue weighted by molar-refractivity contribution is -0.127. The molecule has 0 spiro atoms. The van der Waals surface area contributed by atoms with Crippen molar-refractivity contribution in [1.82, 2.24) is 21.2 Å². The number of nitrogens with zero attached hydrogens (tertiary/aromatic N) is 1. The molecule has 3 rings (SSSR count).